The van der Waals surface area contributed by atoms with Gasteiger partial charge in [-0.05, 0) is 139 Å². The second-order valence-corrected chi connectivity index (χ2v) is 29.6. The molecule has 0 radical (unpaired) electrons. The molecule has 0 aliphatic heterocycles. The van der Waals surface area contributed by atoms with Crippen LogP contribution < -0.4 is 41.4 Å². The summed E-state index contributed by atoms with van der Waals surface area (Å²) in [5.41, 5.74) is 0.475. The first-order valence-corrected chi connectivity index (χ1v) is 43.7. The van der Waals surface area contributed by atoms with E-state index in [-0.39, 0.29) is 182 Å². The summed E-state index contributed by atoms with van der Waals surface area (Å²) in [4.78, 5) is 165. The number of nitrogens with one attached hydrogen (secondary N) is 6. The molecule has 0 heterocycles. The van der Waals surface area contributed by atoms with Crippen molar-refractivity contribution in [2.45, 2.75) is 238 Å². The van der Waals surface area contributed by atoms with Crippen molar-refractivity contribution in [1.29, 1.82) is 0 Å². The highest BCUT2D eigenvalue weighted by atomic mass is 16.5. The van der Waals surface area contributed by atoms with Crippen LogP contribution in [-0.4, -0.2) is 272 Å². The summed E-state index contributed by atoms with van der Waals surface area (Å²) in [6.07, 6.45) is 21.1. The lowest BCUT2D eigenvalue weighted by molar-refractivity contribution is -0.145. The number of ketones is 4. The molecule has 2 rings (SSSR count). The molecule has 0 aromatic heterocycles. The number of hydrogen-bond acceptors (Lipinski definition) is 25. The van der Waals surface area contributed by atoms with Crippen LogP contribution in [-0.2, 0) is 95.4 Å². The molecule has 0 bridgehead atoms. The van der Waals surface area contributed by atoms with Gasteiger partial charge in [0.2, 0.25) is 29.5 Å². The van der Waals surface area contributed by atoms with Crippen LogP contribution in [0, 0.1) is 11.8 Å². The number of rotatable bonds is 84. The van der Waals surface area contributed by atoms with Crippen LogP contribution >= 0.6 is 0 Å². The van der Waals surface area contributed by atoms with Gasteiger partial charge in [-0.3, -0.25) is 52.7 Å². The highest BCUT2D eigenvalue weighted by Crippen LogP contribution is 2.20. The summed E-state index contributed by atoms with van der Waals surface area (Å²) in [5, 5.41) is 62.4. The van der Waals surface area contributed by atoms with Gasteiger partial charge < -0.3 is 105 Å². The van der Waals surface area contributed by atoms with Crippen molar-refractivity contribution < 1.29 is 140 Å². The van der Waals surface area contributed by atoms with E-state index in [2.05, 4.69) is 31.9 Å². The van der Waals surface area contributed by atoms with Gasteiger partial charge in [0.1, 0.15) is 55.5 Å². The molecule has 5 amide bonds. The fourth-order valence-electron chi connectivity index (χ4n) is 12.1. The normalized spacial score (nSPS) is 12.0. The van der Waals surface area contributed by atoms with Crippen molar-refractivity contribution in [3.8, 4) is 11.5 Å². The van der Waals surface area contributed by atoms with E-state index >= 15 is 0 Å². The third-order valence-electron chi connectivity index (χ3n) is 19.1. The fourth-order valence-corrected chi connectivity index (χ4v) is 12.1. The number of Topliss-reactive ketones (excluding diaryl/α,β-unsaturated/α-hetero) is 4. The third kappa shape index (κ3) is 66.3. The maximum atomic E-state index is 12.4. The van der Waals surface area contributed by atoms with Gasteiger partial charge in [-0.25, -0.2) is 14.4 Å². The molecular weight excluding hydrogens is 1600 g/mol. The van der Waals surface area contributed by atoms with Gasteiger partial charge in [-0.1, -0.05) is 90.9 Å². The molecule has 11 N–H and O–H groups in total. The Morgan fingerprint density at radius 3 is 1.20 bits per heavy atom. The maximum Gasteiger partial charge on any atom is 0.335 e. The Morgan fingerprint density at radius 1 is 0.301 bits per heavy atom. The Balaban J connectivity index is 0.00000127. The number of benzene rings is 2. The molecule has 698 valence electrons. The number of carbonyl (C=O) groups is 14. The molecule has 0 unspecified atom stereocenters. The highest BCUT2D eigenvalue weighted by molar-refractivity contribution is 5.89. The number of amides is 5. The summed E-state index contributed by atoms with van der Waals surface area (Å²) in [5.74, 6) is -7.37. The van der Waals surface area contributed by atoms with Crippen LogP contribution in [0.25, 0.3) is 0 Å². The van der Waals surface area contributed by atoms with Crippen molar-refractivity contribution in [1.82, 2.24) is 31.9 Å². The van der Waals surface area contributed by atoms with E-state index in [0.29, 0.717) is 135 Å². The van der Waals surface area contributed by atoms with Crippen LogP contribution in [0.1, 0.15) is 246 Å². The molecule has 4 atom stereocenters. The van der Waals surface area contributed by atoms with Gasteiger partial charge in [0.05, 0.1) is 108 Å². The standard InChI is InChI=1S/C49H80N4O16.C39H62N2O13/c1-3-14-41(50-2)43(55)24-20-37(47(59)60)15-10-11-26-51-44(56)25-23-42(49(63)64)53-46(58)36-68-34-32-66-30-27-52-45(57)35-67-33-31-65-28-13-17-39(54)16-9-7-5-4-6-8-12-29-69-40-21-18-38(19-22-40)48(61)62;1-2-19-40-37(45)18-15-32(39(48)49)28-34(43)30-53-26-24-50-21-10-11-33(42)29-52-27-25-51-23-20-41-36(44)12-8-6-4-3-5-7-9-22-54-35-16-13-31(14-17-35)38(46)47/h18-19,21-22,37,41-42,50H,3-17,20,23-36H2,1-2H3,(H,51,56)(H,52,57)(H,53,58)(H,59,60)(H,61,62)(H,63,64);13-14,16-17,32H,2-12,15,18-30H2,1H3,(H,40,45)(H,41,44)(H,46,47)(H,48,49)/t37-,41+,42+;32-/m11/s1. The van der Waals surface area contributed by atoms with E-state index in [0.717, 1.165) is 103 Å². The number of ether oxygens (including phenoxy) is 10. The van der Waals surface area contributed by atoms with Gasteiger partial charge in [0.15, 0.2) is 11.6 Å². The Kier molecular flexibility index (Phi) is 69.9. The fraction of sp³-hybridized carbons (Fsp3) is 0.705. The number of likely N-dealkylation sites (N-methyl/N-ethyl adjacent to an activating group) is 1. The molecular formula is C88H142N6O29. The summed E-state index contributed by atoms with van der Waals surface area (Å²) >= 11 is 0. The first-order valence-electron chi connectivity index (χ1n) is 43.7. The highest BCUT2D eigenvalue weighted by Gasteiger charge is 2.25. The van der Waals surface area contributed by atoms with Gasteiger partial charge in [0, 0.05) is 90.8 Å². The summed E-state index contributed by atoms with van der Waals surface area (Å²) in [6.45, 7) is 8.67. The Bertz CT molecular complexity index is 3260. The minimum absolute atomic E-state index is 0.000833. The van der Waals surface area contributed by atoms with E-state index in [1.54, 1.807) is 31.3 Å². The zero-order valence-electron chi connectivity index (χ0n) is 72.9. The molecule has 0 fully saturated rings. The van der Waals surface area contributed by atoms with E-state index in [4.69, 9.17) is 57.6 Å². The first kappa shape index (κ1) is 112. The Hall–Kier alpha value is -8.94. The summed E-state index contributed by atoms with van der Waals surface area (Å²) in [6, 6.07) is 11.2. The molecule has 123 heavy (non-hydrogen) atoms. The van der Waals surface area contributed by atoms with Crippen LogP contribution in [0.3, 0.4) is 0 Å². The lowest BCUT2D eigenvalue weighted by atomic mass is 9.93. The molecule has 35 nitrogen and oxygen atoms in total. The Morgan fingerprint density at radius 2 is 0.707 bits per heavy atom. The molecule has 2 aromatic rings. The average molecular weight is 1750 g/mol. The van der Waals surface area contributed by atoms with Crippen molar-refractivity contribution in [3.63, 3.8) is 0 Å². The lowest BCUT2D eigenvalue weighted by Crippen LogP contribution is -2.43. The van der Waals surface area contributed by atoms with Crippen molar-refractivity contribution >= 4 is 82.5 Å². The largest absolute Gasteiger partial charge is 0.494 e. The minimum Gasteiger partial charge on any atom is -0.494 e. The number of carboxylic acid groups (broad SMARTS) is 5. The van der Waals surface area contributed by atoms with Crippen LogP contribution in [0.2, 0.25) is 0 Å². The summed E-state index contributed by atoms with van der Waals surface area (Å²) in [7, 11) is 1.71. The number of aromatic carboxylic acids is 2. The molecule has 0 aliphatic rings. The van der Waals surface area contributed by atoms with Crippen LogP contribution in [0.15, 0.2) is 48.5 Å². The van der Waals surface area contributed by atoms with E-state index < -0.39 is 66.1 Å². The van der Waals surface area contributed by atoms with E-state index in [1.807, 2.05) is 13.8 Å². The van der Waals surface area contributed by atoms with Crippen LogP contribution in [0.4, 0.5) is 0 Å². The monoisotopic (exact) mass is 1750 g/mol. The molecule has 0 saturated carbocycles. The first-order chi connectivity index (χ1) is 59.4. The van der Waals surface area contributed by atoms with Crippen molar-refractivity contribution in [3.05, 3.63) is 59.7 Å². The maximum absolute atomic E-state index is 12.4. The lowest BCUT2D eigenvalue weighted by Gasteiger charge is -2.16. The second kappa shape index (κ2) is 76.7. The SMILES string of the molecule is CCCNC(=O)CC[C@H](CC(=O)COCCOCCCC(=O)COCCOCCNC(=O)CCCCCCCCCOc1ccc(C(=O)O)cc1)C(=O)O.CCC[C@H](NC)C(=O)CC[C@@H](CCCCNC(=O)CC[C@H](NC(=O)COCCOCCNC(=O)COCCOCCCC(=O)CCCCCCCCCOc1ccc(C(=O)O)cc1)C(=O)O)C(=O)O. The molecule has 0 spiro atoms. The molecule has 0 aliphatic carbocycles. The van der Waals surface area contributed by atoms with Crippen molar-refractivity contribution in [2.75, 3.05) is 152 Å². The molecule has 0 saturated heterocycles. The van der Waals surface area contributed by atoms with Crippen molar-refractivity contribution in [2.24, 2.45) is 11.8 Å². The number of hydrogen-bond donors (Lipinski definition) is 11. The zero-order valence-corrected chi connectivity index (χ0v) is 72.9. The number of carboxylic acids is 5. The van der Waals surface area contributed by atoms with E-state index in [1.165, 1.54) is 24.3 Å². The number of unbranched alkanes of at least 4 members (excludes halogenated alkanes) is 13. The van der Waals surface area contributed by atoms with E-state index in [9.17, 15) is 82.4 Å². The number of carbonyl (C=O) groups excluding carboxylic acids is 9. The second-order valence-electron chi connectivity index (χ2n) is 29.6. The average Bonchev–Trinajstić information content (AvgIpc) is 0.907. The summed E-state index contributed by atoms with van der Waals surface area (Å²) < 4.78 is 54.2. The van der Waals surface area contributed by atoms with Gasteiger partial charge >= 0.3 is 29.8 Å². The number of aliphatic carboxylic acids is 3. The topological polar surface area (TPSA) is 505 Å². The Labute approximate surface area is 724 Å². The predicted octanol–water partition coefficient (Wildman–Crippen LogP) is 8.87. The zero-order chi connectivity index (χ0) is 90.6. The molecule has 35 heteroatoms. The third-order valence-corrected chi connectivity index (χ3v) is 19.1. The molecule has 2 aromatic carbocycles. The van der Waals surface area contributed by atoms with Gasteiger partial charge in [-0.2, -0.15) is 0 Å². The van der Waals surface area contributed by atoms with Gasteiger partial charge in [-0.15, -0.1) is 0 Å². The quantitative estimate of drug-likeness (QED) is 0.0275. The minimum atomic E-state index is -1.31. The predicted molar refractivity (Wildman–Crippen MR) is 455 cm³/mol. The van der Waals surface area contributed by atoms with Crippen LogP contribution in [0.5, 0.6) is 11.5 Å². The van der Waals surface area contributed by atoms with Gasteiger partial charge in [0.25, 0.3) is 0 Å². The smallest absolute Gasteiger partial charge is 0.335 e.